The summed E-state index contributed by atoms with van der Waals surface area (Å²) in [6.45, 7) is 6.16. The highest BCUT2D eigenvalue weighted by Gasteiger charge is 2.35. The molecule has 0 bridgehead atoms. The van der Waals surface area contributed by atoms with Crippen molar-refractivity contribution in [1.29, 1.82) is 0 Å². The Bertz CT molecular complexity index is 60.4. The second-order valence-corrected chi connectivity index (χ2v) is 2.91. The fourth-order valence-corrected chi connectivity index (χ4v) is 0.890. The van der Waals surface area contributed by atoms with Gasteiger partial charge in [0, 0.05) is 0 Å². The van der Waals surface area contributed by atoms with Crippen LogP contribution in [0.2, 0.25) is 0 Å². The Morgan fingerprint density at radius 2 is 2.14 bits per heavy atom. The largest absolute Gasteiger partial charge is 0.0596 e. The van der Waals surface area contributed by atoms with Crippen LogP contribution in [-0.2, 0) is 0 Å². The van der Waals surface area contributed by atoms with Crippen LogP contribution in [0.5, 0.6) is 0 Å². The Hall–Kier alpha value is 0. The molecular weight excluding hydrogens is 84.1 g/mol. The van der Waals surface area contributed by atoms with Gasteiger partial charge in [0.05, 0.1) is 0 Å². The first-order chi connectivity index (χ1) is 3.27. The van der Waals surface area contributed by atoms with Gasteiger partial charge < -0.3 is 0 Å². The van der Waals surface area contributed by atoms with Crippen molar-refractivity contribution in [2.45, 2.75) is 32.6 Å². The highest BCUT2D eigenvalue weighted by Crippen LogP contribution is 2.48. The molecule has 0 heteroatoms. The van der Waals surface area contributed by atoms with Crippen molar-refractivity contribution < 1.29 is 0 Å². The molecule has 1 fully saturated rings. The molecule has 0 aromatic rings. The van der Waals surface area contributed by atoms with E-state index >= 15 is 0 Å². The summed E-state index contributed by atoms with van der Waals surface area (Å²) in [5, 5.41) is 0. The van der Waals surface area contributed by atoms with Gasteiger partial charge in [-0.05, 0) is 24.7 Å². The van der Waals surface area contributed by atoms with Gasteiger partial charge >= 0.3 is 0 Å². The van der Waals surface area contributed by atoms with Gasteiger partial charge in [0.25, 0.3) is 0 Å². The molecular formula is C7H13. The van der Waals surface area contributed by atoms with Crippen LogP contribution < -0.4 is 0 Å². The summed E-state index contributed by atoms with van der Waals surface area (Å²) in [5.74, 6) is 0. The molecule has 0 aromatic carbocycles. The van der Waals surface area contributed by atoms with Gasteiger partial charge in [-0.3, -0.25) is 0 Å². The zero-order valence-electron chi connectivity index (χ0n) is 5.04. The van der Waals surface area contributed by atoms with Crippen molar-refractivity contribution in [2.24, 2.45) is 5.41 Å². The monoisotopic (exact) mass is 97.1 g/mol. The van der Waals surface area contributed by atoms with E-state index in [9.17, 15) is 0 Å². The van der Waals surface area contributed by atoms with E-state index in [1.165, 1.54) is 19.3 Å². The first-order valence-corrected chi connectivity index (χ1v) is 3.06. The minimum atomic E-state index is 0.738. The molecule has 1 saturated carbocycles. The smallest absolute Gasteiger partial charge is 0.0325 e. The van der Waals surface area contributed by atoms with E-state index in [0.717, 1.165) is 11.8 Å². The van der Waals surface area contributed by atoms with Gasteiger partial charge in [-0.2, -0.15) is 0 Å². The lowest BCUT2D eigenvalue weighted by molar-refractivity contribution is 0.523. The zero-order valence-corrected chi connectivity index (χ0v) is 5.04. The SMILES string of the molecule is [CH2]CCC1(C)CC1. The van der Waals surface area contributed by atoms with E-state index in [4.69, 9.17) is 0 Å². The molecule has 1 aliphatic rings. The maximum Gasteiger partial charge on any atom is -0.0325 e. The molecule has 0 atom stereocenters. The van der Waals surface area contributed by atoms with Crippen LogP contribution in [0.3, 0.4) is 0 Å². The predicted molar refractivity (Wildman–Crippen MR) is 31.9 cm³/mol. The van der Waals surface area contributed by atoms with Crippen LogP contribution in [0.1, 0.15) is 32.6 Å². The highest BCUT2D eigenvalue weighted by atomic mass is 14.4. The molecule has 0 spiro atoms. The average molecular weight is 97.2 g/mol. The predicted octanol–water partition coefficient (Wildman–Crippen LogP) is 2.40. The van der Waals surface area contributed by atoms with Crippen LogP contribution in [0, 0.1) is 12.3 Å². The van der Waals surface area contributed by atoms with Crippen LogP contribution >= 0.6 is 0 Å². The second-order valence-electron chi connectivity index (χ2n) is 2.91. The van der Waals surface area contributed by atoms with Gasteiger partial charge in [-0.25, -0.2) is 0 Å². The summed E-state index contributed by atoms with van der Waals surface area (Å²) in [4.78, 5) is 0. The number of hydrogen-bond acceptors (Lipinski definition) is 0. The molecule has 0 nitrogen and oxygen atoms in total. The summed E-state index contributed by atoms with van der Waals surface area (Å²) in [6, 6.07) is 0. The molecule has 0 aromatic heterocycles. The van der Waals surface area contributed by atoms with Crippen LogP contribution in [-0.4, -0.2) is 0 Å². The topological polar surface area (TPSA) is 0 Å². The maximum absolute atomic E-state index is 3.81. The molecule has 0 amide bonds. The standard InChI is InChI=1S/C7H13/c1-3-4-7(2)5-6-7/h1,3-6H2,2H3. The minimum Gasteiger partial charge on any atom is -0.0596 e. The zero-order chi connectivity index (χ0) is 5.33. The van der Waals surface area contributed by atoms with Crippen molar-refractivity contribution >= 4 is 0 Å². The van der Waals surface area contributed by atoms with Crippen LogP contribution in [0.15, 0.2) is 0 Å². The van der Waals surface area contributed by atoms with E-state index in [2.05, 4.69) is 13.8 Å². The Kier molecular flexibility index (Phi) is 1.10. The lowest BCUT2D eigenvalue weighted by atomic mass is 10.0. The van der Waals surface area contributed by atoms with E-state index in [-0.39, 0.29) is 0 Å². The molecule has 41 valence electrons. The highest BCUT2D eigenvalue weighted by molar-refractivity contribution is 4.87. The number of hydrogen-bond donors (Lipinski definition) is 0. The van der Waals surface area contributed by atoms with Gasteiger partial charge in [0.2, 0.25) is 0 Å². The summed E-state index contributed by atoms with van der Waals surface area (Å²) in [6.07, 6.45) is 5.36. The van der Waals surface area contributed by atoms with Gasteiger partial charge in [-0.15, -0.1) is 0 Å². The normalized spacial score (nSPS) is 24.9. The third kappa shape index (κ3) is 1.19. The lowest BCUT2D eigenvalue weighted by Crippen LogP contribution is -1.88. The summed E-state index contributed by atoms with van der Waals surface area (Å²) in [7, 11) is 0. The Morgan fingerprint density at radius 3 is 2.29 bits per heavy atom. The fourth-order valence-electron chi connectivity index (χ4n) is 0.890. The Labute approximate surface area is 45.9 Å². The van der Waals surface area contributed by atoms with Gasteiger partial charge in [0.1, 0.15) is 0 Å². The molecule has 7 heavy (non-hydrogen) atoms. The van der Waals surface area contributed by atoms with E-state index < -0.39 is 0 Å². The quantitative estimate of drug-likeness (QED) is 0.496. The van der Waals surface area contributed by atoms with Crippen LogP contribution in [0.4, 0.5) is 0 Å². The summed E-state index contributed by atoms with van der Waals surface area (Å²) < 4.78 is 0. The minimum absolute atomic E-state index is 0.738. The third-order valence-corrected chi connectivity index (χ3v) is 1.88. The van der Waals surface area contributed by atoms with E-state index in [1.807, 2.05) is 0 Å². The Morgan fingerprint density at radius 1 is 1.57 bits per heavy atom. The lowest BCUT2D eigenvalue weighted by Gasteiger charge is -2.01. The molecule has 0 heterocycles. The number of rotatable bonds is 2. The summed E-state index contributed by atoms with van der Waals surface area (Å²) in [5.41, 5.74) is 0.738. The third-order valence-electron chi connectivity index (χ3n) is 1.88. The molecule has 0 N–H and O–H groups in total. The fraction of sp³-hybridized carbons (Fsp3) is 0.857. The van der Waals surface area contributed by atoms with Crippen molar-refractivity contribution in [3.63, 3.8) is 0 Å². The van der Waals surface area contributed by atoms with Crippen molar-refractivity contribution in [3.8, 4) is 0 Å². The van der Waals surface area contributed by atoms with E-state index in [0.29, 0.717) is 0 Å². The van der Waals surface area contributed by atoms with Crippen molar-refractivity contribution in [1.82, 2.24) is 0 Å². The molecule has 1 radical (unpaired) electrons. The second kappa shape index (κ2) is 1.50. The first kappa shape index (κ1) is 5.14. The first-order valence-electron chi connectivity index (χ1n) is 3.06. The molecule has 1 rings (SSSR count). The van der Waals surface area contributed by atoms with Gasteiger partial charge in [-0.1, -0.05) is 20.3 Å². The molecule has 0 unspecified atom stereocenters. The molecule has 0 aliphatic heterocycles. The van der Waals surface area contributed by atoms with Crippen molar-refractivity contribution in [3.05, 3.63) is 6.92 Å². The van der Waals surface area contributed by atoms with Gasteiger partial charge in [0.15, 0.2) is 0 Å². The molecule has 0 saturated heterocycles. The van der Waals surface area contributed by atoms with E-state index in [1.54, 1.807) is 0 Å². The van der Waals surface area contributed by atoms with Crippen LogP contribution in [0.25, 0.3) is 0 Å². The average Bonchev–Trinajstić information content (AvgIpc) is 2.22. The Balaban J connectivity index is 2.13. The van der Waals surface area contributed by atoms with Crippen molar-refractivity contribution in [2.75, 3.05) is 0 Å². The summed E-state index contributed by atoms with van der Waals surface area (Å²) >= 11 is 0. The maximum atomic E-state index is 3.81. The molecule has 1 aliphatic carbocycles.